The van der Waals surface area contributed by atoms with E-state index in [0.717, 1.165) is 43.3 Å². The summed E-state index contributed by atoms with van der Waals surface area (Å²) in [4.78, 5) is 17.4. The number of aromatic nitrogens is 1. The van der Waals surface area contributed by atoms with Gasteiger partial charge in [-0.15, -0.1) is 11.3 Å². The number of hydrogen-bond donors (Lipinski definition) is 2. The average molecular weight is 317 g/mol. The van der Waals surface area contributed by atoms with Crippen LogP contribution in [0.5, 0.6) is 0 Å². The van der Waals surface area contributed by atoms with Gasteiger partial charge in [0.1, 0.15) is 0 Å². The van der Waals surface area contributed by atoms with Gasteiger partial charge in [-0.1, -0.05) is 24.3 Å². The first-order valence-corrected chi connectivity index (χ1v) is 8.27. The number of aromatic carboxylic acids is 1. The topological polar surface area (TPSA) is 65.5 Å². The molecule has 3 rings (SSSR count). The second-order valence-electron chi connectivity index (χ2n) is 5.45. The number of carbonyl (C=O) groups is 1. The molecule has 0 atom stereocenters. The Morgan fingerprint density at radius 1 is 1.23 bits per heavy atom. The fourth-order valence-electron chi connectivity index (χ4n) is 2.55. The zero-order valence-corrected chi connectivity index (χ0v) is 13.1. The Balaban J connectivity index is 1.59. The highest BCUT2D eigenvalue weighted by molar-refractivity contribution is 7.09. The van der Waals surface area contributed by atoms with Crippen LogP contribution in [0.4, 0.5) is 0 Å². The molecule has 0 bridgehead atoms. The molecule has 1 aliphatic rings. The van der Waals surface area contributed by atoms with Gasteiger partial charge in [-0.05, 0) is 11.1 Å². The minimum absolute atomic E-state index is 0.135. The number of hydrogen-bond acceptors (Lipinski definition) is 5. The van der Waals surface area contributed by atoms with E-state index in [1.165, 1.54) is 16.9 Å². The Morgan fingerprint density at radius 3 is 2.55 bits per heavy atom. The quantitative estimate of drug-likeness (QED) is 0.881. The van der Waals surface area contributed by atoms with Gasteiger partial charge in [0.25, 0.3) is 0 Å². The van der Waals surface area contributed by atoms with E-state index in [0.29, 0.717) is 6.42 Å². The van der Waals surface area contributed by atoms with Crippen LogP contribution in [0, 0.1) is 0 Å². The van der Waals surface area contributed by atoms with E-state index in [1.807, 2.05) is 0 Å². The summed E-state index contributed by atoms with van der Waals surface area (Å²) in [6.07, 6.45) is 0.686. The van der Waals surface area contributed by atoms with Gasteiger partial charge in [0, 0.05) is 44.5 Å². The summed E-state index contributed by atoms with van der Waals surface area (Å²) in [6.45, 7) is 5.31. The standard InChI is InChI=1S/C16H19N3O2S/c20-16(21)14-11-22-15(18-14)9-12-1-3-13(4-2-12)10-19-7-5-17-6-8-19/h1-4,11,17H,5-10H2,(H,20,21). The molecule has 0 radical (unpaired) electrons. The number of thiazole rings is 1. The molecule has 0 saturated carbocycles. The van der Waals surface area contributed by atoms with E-state index in [2.05, 4.69) is 39.5 Å². The van der Waals surface area contributed by atoms with E-state index in [9.17, 15) is 4.79 Å². The molecule has 0 amide bonds. The van der Waals surface area contributed by atoms with E-state index in [-0.39, 0.29) is 5.69 Å². The molecule has 1 fully saturated rings. The van der Waals surface area contributed by atoms with Crippen LogP contribution in [0.3, 0.4) is 0 Å². The molecule has 5 nitrogen and oxygen atoms in total. The van der Waals surface area contributed by atoms with Gasteiger partial charge < -0.3 is 10.4 Å². The maximum absolute atomic E-state index is 10.8. The molecule has 2 N–H and O–H groups in total. The second-order valence-corrected chi connectivity index (χ2v) is 6.39. The SMILES string of the molecule is O=C(O)c1csc(Cc2ccc(CN3CCNCC3)cc2)n1. The van der Waals surface area contributed by atoms with Crippen molar-refractivity contribution in [2.75, 3.05) is 26.2 Å². The third kappa shape index (κ3) is 3.91. The third-order valence-electron chi connectivity index (χ3n) is 3.76. The number of rotatable bonds is 5. The molecule has 2 aromatic rings. The lowest BCUT2D eigenvalue weighted by atomic mass is 10.1. The lowest BCUT2D eigenvalue weighted by Gasteiger charge is -2.27. The Morgan fingerprint density at radius 2 is 1.91 bits per heavy atom. The molecule has 1 aromatic heterocycles. The number of benzene rings is 1. The van der Waals surface area contributed by atoms with Gasteiger partial charge in [0.15, 0.2) is 5.69 Å². The van der Waals surface area contributed by atoms with Crippen LogP contribution in [0.1, 0.15) is 26.6 Å². The van der Waals surface area contributed by atoms with E-state index in [4.69, 9.17) is 5.11 Å². The molecule has 0 spiro atoms. The minimum Gasteiger partial charge on any atom is -0.476 e. The van der Waals surface area contributed by atoms with Crippen molar-refractivity contribution in [2.45, 2.75) is 13.0 Å². The van der Waals surface area contributed by atoms with Crippen LogP contribution < -0.4 is 5.32 Å². The van der Waals surface area contributed by atoms with E-state index in [1.54, 1.807) is 5.38 Å². The van der Waals surface area contributed by atoms with Crippen LogP contribution in [0.2, 0.25) is 0 Å². The summed E-state index contributed by atoms with van der Waals surface area (Å²) < 4.78 is 0. The Hall–Kier alpha value is -1.76. The molecule has 22 heavy (non-hydrogen) atoms. The third-order valence-corrected chi connectivity index (χ3v) is 4.61. The summed E-state index contributed by atoms with van der Waals surface area (Å²) in [5.41, 5.74) is 2.61. The Bertz CT molecular complexity index is 633. The second kappa shape index (κ2) is 7.00. The first-order chi connectivity index (χ1) is 10.7. The molecule has 2 heterocycles. The van der Waals surface area contributed by atoms with Crippen molar-refractivity contribution in [3.05, 3.63) is 51.5 Å². The van der Waals surface area contributed by atoms with Crippen molar-refractivity contribution >= 4 is 17.3 Å². The zero-order chi connectivity index (χ0) is 15.4. The molecule has 1 aliphatic heterocycles. The first-order valence-electron chi connectivity index (χ1n) is 7.39. The Kier molecular flexibility index (Phi) is 4.82. The van der Waals surface area contributed by atoms with Crippen LogP contribution in [0.15, 0.2) is 29.6 Å². The van der Waals surface area contributed by atoms with E-state index >= 15 is 0 Å². The zero-order valence-electron chi connectivity index (χ0n) is 12.3. The Labute approximate surface area is 133 Å². The fraction of sp³-hybridized carbons (Fsp3) is 0.375. The van der Waals surface area contributed by atoms with Crippen molar-refractivity contribution < 1.29 is 9.90 Å². The number of carboxylic acid groups (broad SMARTS) is 1. The molecule has 0 aliphatic carbocycles. The number of nitrogens with zero attached hydrogens (tertiary/aromatic N) is 2. The maximum Gasteiger partial charge on any atom is 0.355 e. The van der Waals surface area contributed by atoms with Crippen molar-refractivity contribution in [2.24, 2.45) is 0 Å². The molecule has 6 heteroatoms. The summed E-state index contributed by atoms with van der Waals surface area (Å²) in [5, 5.41) is 14.7. The molecular weight excluding hydrogens is 298 g/mol. The van der Waals surface area contributed by atoms with Gasteiger partial charge in [0.05, 0.1) is 5.01 Å². The van der Waals surface area contributed by atoms with Crippen molar-refractivity contribution in [3.8, 4) is 0 Å². The summed E-state index contributed by atoms with van der Waals surface area (Å²) in [7, 11) is 0. The fourth-order valence-corrected chi connectivity index (χ4v) is 3.36. The highest BCUT2D eigenvalue weighted by Crippen LogP contribution is 2.16. The summed E-state index contributed by atoms with van der Waals surface area (Å²) >= 11 is 1.40. The number of nitrogens with one attached hydrogen (secondary N) is 1. The molecule has 116 valence electrons. The van der Waals surface area contributed by atoms with Crippen LogP contribution in [-0.4, -0.2) is 47.1 Å². The molecule has 1 saturated heterocycles. The van der Waals surface area contributed by atoms with Gasteiger partial charge in [-0.3, -0.25) is 4.90 Å². The number of piperazine rings is 1. The number of carboxylic acids is 1. The van der Waals surface area contributed by atoms with Gasteiger partial charge in [-0.25, -0.2) is 9.78 Å². The van der Waals surface area contributed by atoms with Crippen LogP contribution >= 0.6 is 11.3 Å². The van der Waals surface area contributed by atoms with E-state index < -0.39 is 5.97 Å². The van der Waals surface area contributed by atoms with Gasteiger partial charge in [-0.2, -0.15) is 0 Å². The predicted octanol–water partition coefficient (Wildman–Crippen LogP) is 1.84. The smallest absolute Gasteiger partial charge is 0.355 e. The summed E-state index contributed by atoms with van der Waals surface area (Å²) in [6, 6.07) is 8.53. The molecular formula is C16H19N3O2S. The first kappa shape index (κ1) is 15.1. The van der Waals surface area contributed by atoms with Crippen LogP contribution in [0.25, 0.3) is 0 Å². The molecule has 0 unspecified atom stereocenters. The summed E-state index contributed by atoms with van der Waals surface area (Å²) in [5.74, 6) is -0.964. The van der Waals surface area contributed by atoms with Gasteiger partial charge >= 0.3 is 5.97 Å². The lowest BCUT2D eigenvalue weighted by molar-refractivity contribution is 0.0691. The highest BCUT2D eigenvalue weighted by atomic mass is 32.1. The minimum atomic E-state index is -0.964. The average Bonchev–Trinajstić information content (AvgIpc) is 2.99. The normalized spacial score (nSPS) is 15.8. The van der Waals surface area contributed by atoms with Crippen LogP contribution in [-0.2, 0) is 13.0 Å². The van der Waals surface area contributed by atoms with Gasteiger partial charge in [0.2, 0.25) is 0 Å². The lowest BCUT2D eigenvalue weighted by Crippen LogP contribution is -2.42. The van der Waals surface area contributed by atoms with Crippen molar-refractivity contribution in [1.29, 1.82) is 0 Å². The predicted molar refractivity (Wildman–Crippen MR) is 86.5 cm³/mol. The van der Waals surface area contributed by atoms with Crippen molar-refractivity contribution in [3.63, 3.8) is 0 Å². The largest absolute Gasteiger partial charge is 0.476 e. The maximum atomic E-state index is 10.8. The van der Waals surface area contributed by atoms with Crippen molar-refractivity contribution in [1.82, 2.24) is 15.2 Å². The highest BCUT2D eigenvalue weighted by Gasteiger charge is 2.11. The monoisotopic (exact) mass is 317 g/mol. The molecule has 1 aromatic carbocycles.